The van der Waals surface area contributed by atoms with Crippen molar-refractivity contribution in [1.82, 2.24) is 4.98 Å². The minimum atomic E-state index is -2.44. The number of nitrogens with zero attached hydrogens (tertiary/aromatic N) is 1. The molecular formula is C8H7BrF2IN. The highest BCUT2D eigenvalue weighted by atomic mass is 127. The summed E-state index contributed by atoms with van der Waals surface area (Å²) in [4.78, 5) is 4.03. The Morgan fingerprint density at radius 1 is 1.62 bits per heavy atom. The van der Waals surface area contributed by atoms with Crippen LogP contribution in [0.15, 0.2) is 6.07 Å². The quantitative estimate of drug-likeness (QED) is 0.443. The Hall–Kier alpha value is 0.220. The number of aryl methyl sites for hydroxylation is 1. The van der Waals surface area contributed by atoms with E-state index in [0.29, 0.717) is 14.6 Å². The predicted molar refractivity (Wildman–Crippen MR) is 59.3 cm³/mol. The summed E-state index contributed by atoms with van der Waals surface area (Å²) in [7, 11) is 0. The molecule has 1 rings (SSSR count). The van der Waals surface area contributed by atoms with Crippen LogP contribution in [0.5, 0.6) is 0 Å². The van der Waals surface area contributed by atoms with Crippen LogP contribution < -0.4 is 0 Å². The molecule has 1 aromatic heterocycles. The Labute approximate surface area is 97.2 Å². The van der Waals surface area contributed by atoms with E-state index in [1.54, 1.807) is 13.0 Å². The lowest BCUT2D eigenvalue weighted by Gasteiger charge is -2.08. The fourth-order valence-electron chi connectivity index (χ4n) is 1.04. The second-order valence-corrected chi connectivity index (χ2v) is 4.15. The van der Waals surface area contributed by atoms with Crippen LogP contribution in [-0.2, 0) is 5.33 Å². The summed E-state index contributed by atoms with van der Waals surface area (Å²) >= 11 is 5.07. The highest BCUT2D eigenvalue weighted by Crippen LogP contribution is 2.27. The molecule has 0 unspecified atom stereocenters. The monoisotopic (exact) mass is 361 g/mol. The fourth-order valence-corrected chi connectivity index (χ4v) is 2.30. The summed E-state index contributed by atoms with van der Waals surface area (Å²) in [6.07, 6.45) is -2.44. The summed E-state index contributed by atoms with van der Waals surface area (Å²) < 4.78 is 25.3. The van der Waals surface area contributed by atoms with Crippen LogP contribution in [0.3, 0.4) is 0 Å². The number of halogens is 4. The van der Waals surface area contributed by atoms with Gasteiger partial charge in [-0.2, -0.15) is 0 Å². The molecule has 0 bridgehead atoms. The molecule has 0 atom stereocenters. The second-order valence-electron chi connectivity index (χ2n) is 2.57. The summed E-state index contributed by atoms with van der Waals surface area (Å²) in [5.74, 6) is 0. The summed E-state index contributed by atoms with van der Waals surface area (Å²) in [5, 5.41) is 0.591. The van der Waals surface area contributed by atoms with E-state index in [1.165, 1.54) is 0 Å². The van der Waals surface area contributed by atoms with Gasteiger partial charge in [0, 0.05) is 5.33 Å². The maximum atomic E-state index is 12.5. The highest BCUT2D eigenvalue weighted by Gasteiger charge is 2.16. The Bertz CT molecular complexity index is 294. The van der Waals surface area contributed by atoms with Gasteiger partial charge in [0.1, 0.15) is 3.70 Å². The van der Waals surface area contributed by atoms with Crippen molar-refractivity contribution in [3.8, 4) is 0 Å². The molecule has 0 fully saturated rings. The molecule has 1 nitrogen and oxygen atoms in total. The highest BCUT2D eigenvalue weighted by molar-refractivity contribution is 14.1. The first-order valence-electron chi connectivity index (χ1n) is 3.56. The molecule has 0 aliphatic rings. The van der Waals surface area contributed by atoms with Crippen molar-refractivity contribution in [3.63, 3.8) is 0 Å². The van der Waals surface area contributed by atoms with E-state index in [2.05, 4.69) is 20.9 Å². The average Bonchev–Trinajstić information content (AvgIpc) is 2.02. The standard InChI is InChI=1S/C8H7BrF2IN/c1-4-2-5(3-9)13-8(12)6(4)7(10)11/h2,7H,3H2,1H3. The second kappa shape index (κ2) is 4.63. The van der Waals surface area contributed by atoms with Crippen LogP contribution in [-0.4, -0.2) is 4.98 Å². The topological polar surface area (TPSA) is 12.9 Å². The molecular weight excluding hydrogens is 355 g/mol. The van der Waals surface area contributed by atoms with Crippen molar-refractivity contribution in [2.45, 2.75) is 18.7 Å². The number of hydrogen-bond acceptors (Lipinski definition) is 1. The molecule has 1 heterocycles. The maximum Gasteiger partial charge on any atom is 0.266 e. The molecule has 0 aliphatic carbocycles. The van der Waals surface area contributed by atoms with E-state index in [-0.39, 0.29) is 5.56 Å². The third-order valence-corrected chi connectivity index (χ3v) is 3.02. The zero-order chi connectivity index (χ0) is 10.0. The Morgan fingerprint density at radius 2 is 2.23 bits per heavy atom. The lowest BCUT2D eigenvalue weighted by molar-refractivity contribution is 0.149. The number of aromatic nitrogens is 1. The van der Waals surface area contributed by atoms with E-state index < -0.39 is 6.43 Å². The van der Waals surface area contributed by atoms with E-state index in [4.69, 9.17) is 0 Å². The first-order chi connectivity index (χ1) is 6.06. The molecule has 0 aromatic carbocycles. The minimum absolute atomic E-state index is 0.0466. The molecule has 13 heavy (non-hydrogen) atoms. The normalized spacial score (nSPS) is 10.9. The van der Waals surface area contributed by atoms with Crippen molar-refractivity contribution in [2.24, 2.45) is 0 Å². The average molecular weight is 362 g/mol. The van der Waals surface area contributed by atoms with Crippen LogP contribution in [0.1, 0.15) is 23.2 Å². The molecule has 0 saturated carbocycles. The summed E-state index contributed by atoms with van der Waals surface area (Å²) in [6, 6.07) is 1.68. The van der Waals surface area contributed by atoms with Crippen molar-refractivity contribution >= 4 is 38.5 Å². The third kappa shape index (κ3) is 2.59. The number of rotatable bonds is 2. The van der Waals surface area contributed by atoms with Crippen LogP contribution in [0, 0.1) is 10.6 Å². The maximum absolute atomic E-state index is 12.5. The van der Waals surface area contributed by atoms with Gasteiger partial charge in [0.15, 0.2) is 0 Å². The molecule has 5 heteroatoms. The van der Waals surface area contributed by atoms with Crippen molar-refractivity contribution in [1.29, 1.82) is 0 Å². The van der Waals surface area contributed by atoms with Gasteiger partial charge < -0.3 is 0 Å². The van der Waals surface area contributed by atoms with Gasteiger partial charge in [-0.15, -0.1) is 0 Å². The van der Waals surface area contributed by atoms with Gasteiger partial charge in [-0.05, 0) is 41.1 Å². The van der Waals surface area contributed by atoms with Crippen molar-refractivity contribution < 1.29 is 8.78 Å². The molecule has 1 aromatic rings. The fraction of sp³-hybridized carbons (Fsp3) is 0.375. The van der Waals surface area contributed by atoms with E-state index in [1.807, 2.05) is 22.6 Å². The smallest absolute Gasteiger partial charge is 0.245 e. The van der Waals surface area contributed by atoms with Crippen LogP contribution in [0.2, 0.25) is 0 Å². The lowest BCUT2D eigenvalue weighted by atomic mass is 10.1. The Balaban J connectivity index is 3.23. The zero-order valence-corrected chi connectivity index (χ0v) is 10.6. The number of pyridine rings is 1. The molecule has 0 aliphatic heterocycles. The van der Waals surface area contributed by atoms with Gasteiger partial charge in [0.2, 0.25) is 0 Å². The predicted octanol–water partition coefficient (Wildman–Crippen LogP) is 3.83. The summed E-state index contributed by atoms with van der Waals surface area (Å²) in [6.45, 7) is 1.68. The molecule has 0 radical (unpaired) electrons. The molecule has 0 spiro atoms. The SMILES string of the molecule is Cc1cc(CBr)nc(I)c1C(F)F. The largest absolute Gasteiger partial charge is 0.266 e. The van der Waals surface area contributed by atoms with E-state index >= 15 is 0 Å². The van der Waals surface area contributed by atoms with E-state index in [0.717, 1.165) is 5.69 Å². The van der Waals surface area contributed by atoms with E-state index in [9.17, 15) is 8.78 Å². The molecule has 0 amide bonds. The third-order valence-electron chi connectivity index (χ3n) is 1.63. The van der Waals surface area contributed by atoms with Crippen LogP contribution in [0.25, 0.3) is 0 Å². The minimum Gasteiger partial charge on any atom is -0.245 e. The van der Waals surface area contributed by atoms with Crippen LogP contribution in [0.4, 0.5) is 8.78 Å². The van der Waals surface area contributed by atoms with Gasteiger partial charge in [-0.3, -0.25) is 0 Å². The van der Waals surface area contributed by atoms with Gasteiger partial charge in [-0.1, -0.05) is 15.9 Å². The summed E-state index contributed by atoms with van der Waals surface area (Å²) in [5.41, 5.74) is 1.43. The first kappa shape index (κ1) is 11.3. The number of hydrogen-bond donors (Lipinski definition) is 0. The van der Waals surface area contributed by atoms with Gasteiger partial charge >= 0.3 is 0 Å². The van der Waals surface area contributed by atoms with Gasteiger partial charge in [0.05, 0.1) is 11.3 Å². The molecule has 0 saturated heterocycles. The lowest BCUT2D eigenvalue weighted by Crippen LogP contribution is -2.00. The Kier molecular flexibility index (Phi) is 4.03. The first-order valence-corrected chi connectivity index (χ1v) is 5.76. The molecule has 0 N–H and O–H groups in total. The van der Waals surface area contributed by atoms with Crippen LogP contribution >= 0.6 is 38.5 Å². The van der Waals surface area contributed by atoms with Gasteiger partial charge in [0.25, 0.3) is 6.43 Å². The number of alkyl halides is 3. The Morgan fingerprint density at radius 3 is 2.62 bits per heavy atom. The zero-order valence-electron chi connectivity index (χ0n) is 6.82. The van der Waals surface area contributed by atoms with Crippen molar-refractivity contribution in [3.05, 3.63) is 26.6 Å². The van der Waals surface area contributed by atoms with Crippen molar-refractivity contribution in [2.75, 3.05) is 0 Å². The van der Waals surface area contributed by atoms with Gasteiger partial charge in [-0.25, -0.2) is 13.8 Å². The molecule has 72 valence electrons.